The Balaban J connectivity index is 2.49. The van der Waals surface area contributed by atoms with Gasteiger partial charge in [-0.1, -0.05) is 30.2 Å². The predicted octanol–water partition coefficient (Wildman–Crippen LogP) is 3.02. The van der Waals surface area contributed by atoms with Crippen molar-refractivity contribution in [1.82, 2.24) is 0 Å². The van der Waals surface area contributed by atoms with Gasteiger partial charge in [-0.05, 0) is 29.8 Å². The normalized spacial score (nSPS) is 9.71. The van der Waals surface area contributed by atoms with E-state index >= 15 is 0 Å². The summed E-state index contributed by atoms with van der Waals surface area (Å²) in [7, 11) is 0. The Hall–Kier alpha value is -2.27. The van der Waals surface area contributed by atoms with Crippen LogP contribution < -0.4 is 5.73 Å². The van der Waals surface area contributed by atoms with E-state index in [1.54, 1.807) is 6.92 Å². The van der Waals surface area contributed by atoms with Gasteiger partial charge in [-0.2, -0.15) is 0 Å². The van der Waals surface area contributed by atoms with Gasteiger partial charge in [-0.25, -0.2) is 0 Å². The molecule has 0 saturated carbocycles. The molecule has 0 atom stereocenters. The summed E-state index contributed by atoms with van der Waals surface area (Å²) in [4.78, 5) is 11.9. The van der Waals surface area contributed by atoms with Gasteiger partial charge < -0.3 is 5.73 Å². The highest BCUT2D eigenvalue weighted by Crippen LogP contribution is 2.22. The largest absolute Gasteiger partial charge is 0.398 e. The molecule has 0 bridgehead atoms. The van der Waals surface area contributed by atoms with Crippen LogP contribution in [0.15, 0.2) is 36.4 Å². The zero-order chi connectivity index (χ0) is 12.3. The Morgan fingerprint density at radius 1 is 1.24 bits per heavy atom. The molecule has 2 aromatic carbocycles. The van der Waals surface area contributed by atoms with Crippen LogP contribution in [0.25, 0.3) is 10.8 Å². The van der Waals surface area contributed by atoms with Crippen molar-refractivity contribution in [2.24, 2.45) is 0 Å². The average Bonchev–Trinajstić information content (AvgIpc) is 2.35. The fraction of sp³-hybridized carbons (Fsp3) is 0.133. The van der Waals surface area contributed by atoms with Crippen molar-refractivity contribution in [3.8, 4) is 11.8 Å². The van der Waals surface area contributed by atoms with Gasteiger partial charge in [0.15, 0.2) is 5.78 Å². The maximum Gasteiger partial charge on any atom is 0.176 e. The predicted molar refractivity (Wildman–Crippen MR) is 70.8 cm³/mol. The summed E-state index contributed by atoms with van der Waals surface area (Å²) in [6.45, 7) is 1.72. The standard InChI is InChI=1S/C15H13NO/c1-2-3-8-15(17)13-9-11-6-4-5-7-12(11)10-14(13)16/h4-7,9-10H,8,16H2,1H3. The number of carbonyl (C=O) groups is 1. The van der Waals surface area contributed by atoms with Crippen molar-refractivity contribution in [3.05, 3.63) is 42.0 Å². The number of hydrogen-bond acceptors (Lipinski definition) is 2. The molecule has 0 aromatic heterocycles. The summed E-state index contributed by atoms with van der Waals surface area (Å²) in [6, 6.07) is 11.5. The number of Topliss-reactive ketones (excluding diaryl/α,β-unsaturated/α-hetero) is 1. The quantitative estimate of drug-likeness (QED) is 0.483. The number of rotatable bonds is 2. The van der Waals surface area contributed by atoms with Crippen LogP contribution in [0.4, 0.5) is 5.69 Å². The molecule has 0 aliphatic rings. The lowest BCUT2D eigenvalue weighted by molar-refractivity contribution is 0.0999. The lowest BCUT2D eigenvalue weighted by Gasteiger charge is -2.05. The van der Waals surface area contributed by atoms with Crippen LogP contribution in [0.3, 0.4) is 0 Å². The second kappa shape index (κ2) is 4.71. The molecule has 0 saturated heterocycles. The van der Waals surface area contributed by atoms with Gasteiger partial charge in [0.05, 0.1) is 6.42 Å². The fourth-order valence-corrected chi connectivity index (χ4v) is 1.76. The lowest BCUT2D eigenvalue weighted by Crippen LogP contribution is -2.02. The molecule has 0 aliphatic heterocycles. The Labute approximate surface area is 100 Å². The van der Waals surface area contributed by atoms with Gasteiger partial charge in [0.25, 0.3) is 0 Å². The lowest BCUT2D eigenvalue weighted by atomic mass is 10.0. The third-order valence-electron chi connectivity index (χ3n) is 2.64. The molecule has 84 valence electrons. The Kier molecular flexibility index (Phi) is 3.11. The molecular weight excluding hydrogens is 210 g/mol. The van der Waals surface area contributed by atoms with E-state index in [1.807, 2.05) is 36.4 Å². The van der Waals surface area contributed by atoms with Gasteiger partial charge in [-0.15, -0.1) is 5.92 Å². The minimum Gasteiger partial charge on any atom is -0.398 e. The summed E-state index contributed by atoms with van der Waals surface area (Å²) < 4.78 is 0. The molecule has 0 fully saturated rings. The van der Waals surface area contributed by atoms with Crippen molar-refractivity contribution in [2.75, 3.05) is 5.73 Å². The highest BCUT2D eigenvalue weighted by Gasteiger charge is 2.09. The van der Waals surface area contributed by atoms with E-state index in [9.17, 15) is 4.79 Å². The van der Waals surface area contributed by atoms with E-state index in [0.717, 1.165) is 10.8 Å². The highest BCUT2D eigenvalue weighted by molar-refractivity contribution is 6.05. The van der Waals surface area contributed by atoms with E-state index in [1.165, 1.54) is 0 Å². The van der Waals surface area contributed by atoms with Crippen molar-refractivity contribution in [2.45, 2.75) is 13.3 Å². The monoisotopic (exact) mass is 223 g/mol. The summed E-state index contributed by atoms with van der Waals surface area (Å²) in [5.74, 6) is 5.45. The first-order valence-corrected chi connectivity index (χ1v) is 5.43. The number of nitrogen functional groups attached to an aromatic ring is 1. The van der Waals surface area contributed by atoms with Crippen LogP contribution in [0, 0.1) is 11.8 Å². The van der Waals surface area contributed by atoms with E-state index in [2.05, 4.69) is 11.8 Å². The molecule has 2 heteroatoms. The minimum atomic E-state index is -0.0254. The molecule has 0 radical (unpaired) electrons. The molecule has 2 rings (SSSR count). The van der Waals surface area contributed by atoms with Crippen molar-refractivity contribution >= 4 is 22.2 Å². The van der Waals surface area contributed by atoms with Crippen LogP contribution in [0.5, 0.6) is 0 Å². The van der Waals surface area contributed by atoms with E-state index in [0.29, 0.717) is 11.3 Å². The number of hydrogen-bond donors (Lipinski definition) is 1. The first kappa shape index (κ1) is 11.2. The van der Waals surface area contributed by atoms with Crippen molar-refractivity contribution in [1.29, 1.82) is 0 Å². The number of fused-ring (bicyclic) bond motifs is 1. The molecule has 0 aliphatic carbocycles. The van der Waals surface area contributed by atoms with E-state index in [-0.39, 0.29) is 12.2 Å². The maximum atomic E-state index is 11.9. The minimum absolute atomic E-state index is 0.0254. The smallest absolute Gasteiger partial charge is 0.176 e. The molecule has 2 N–H and O–H groups in total. The molecule has 17 heavy (non-hydrogen) atoms. The third-order valence-corrected chi connectivity index (χ3v) is 2.64. The molecule has 2 nitrogen and oxygen atoms in total. The van der Waals surface area contributed by atoms with Gasteiger partial charge >= 0.3 is 0 Å². The number of benzene rings is 2. The second-order valence-electron chi connectivity index (χ2n) is 3.81. The molecule has 0 amide bonds. The summed E-state index contributed by atoms with van der Waals surface area (Å²) in [5.41, 5.74) is 6.97. The van der Waals surface area contributed by atoms with Gasteiger partial charge in [-0.3, -0.25) is 4.79 Å². The zero-order valence-electron chi connectivity index (χ0n) is 9.66. The maximum absolute atomic E-state index is 11.9. The first-order valence-electron chi connectivity index (χ1n) is 5.43. The summed E-state index contributed by atoms with van der Waals surface area (Å²) >= 11 is 0. The zero-order valence-corrected chi connectivity index (χ0v) is 9.66. The van der Waals surface area contributed by atoms with Crippen LogP contribution in [-0.2, 0) is 0 Å². The topological polar surface area (TPSA) is 43.1 Å². The molecular formula is C15H13NO. The Morgan fingerprint density at radius 3 is 2.53 bits per heavy atom. The summed E-state index contributed by atoms with van der Waals surface area (Å²) in [5, 5.41) is 2.07. The number of nitrogens with two attached hydrogens (primary N) is 1. The second-order valence-corrected chi connectivity index (χ2v) is 3.81. The van der Waals surface area contributed by atoms with Crippen LogP contribution in [0.2, 0.25) is 0 Å². The van der Waals surface area contributed by atoms with Crippen LogP contribution >= 0.6 is 0 Å². The van der Waals surface area contributed by atoms with Gasteiger partial charge in [0.1, 0.15) is 0 Å². The average molecular weight is 223 g/mol. The highest BCUT2D eigenvalue weighted by atomic mass is 16.1. The molecule has 0 spiro atoms. The van der Waals surface area contributed by atoms with Gasteiger partial charge in [0.2, 0.25) is 0 Å². The molecule has 0 unspecified atom stereocenters. The number of carbonyl (C=O) groups excluding carboxylic acids is 1. The van der Waals surface area contributed by atoms with E-state index < -0.39 is 0 Å². The molecule has 0 heterocycles. The fourth-order valence-electron chi connectivity index (χ4n) is 1.76. The summed E-state index contributed by atoms with van der Waals surface area (Å²) in [6.07, 6.45) is 0.221. The first-order chi connectivity index (χ1) is 8.22. The molecule has 2 aromatic rings. The number of ketones is 1. The Bertz CT molecular complexity index is 632. The van der Waals surface area contributed by atoms with Crippen LogP contribution in [-0.4, -0.2) is 5.78 Å². The number of anilines is 1. The van der Waals surface area contributed by atoms with Crippen molar-refractivity contribution in [3.63, 3.8) is 0 Å². The Morgan fingerprint density at radius 2 is 1.88 bits per heavy atom. The van der Waals surface area contributed by atoms with Crippen LogP contribution in [0.1, 0.15) is 23.7 Å². The third kappa shape index (κ3) is 2.29. The van der Waals surface area contributed by atoms with E-state index in [4.69, 9.17) is 5.73 Å². The van der Waals surface area contributed by atoms with Crippen molar-refractivity contribution < 1.29 is 4.79 Å². The SMILES string of the molecule is CC#CCC(=O)c1cc2ccccc2cc1N. The van der Waals surface area contributed by atoms with Gasteiger partial charge in [0, 0.05) is 11.3 Å².